The topological polar surface area (TPSA) is 364 Å². The fraction of sp³-hybridized carbons (Fsp3) is 0.531. The van der Waals surface area contributed by atoms with Crippen molar-refractivity contribution in [3.8, 4) is 36.0 Å². The lowest BCUT2D eigenvalue weighted by molar-refractivity contribution is 0.0136. The molecule has 0 unspecified atom stereocenters. The van der Waals surface area contributed by atoms with E-state index in [2.05, 4.69) is 92.4 Å². The van der Waals surface area contributed by atoms with E-state index in [9.17, 15) is 33.6 Å². The summed E-state index contributed by atoms with van der Waals surface area (Å²) < 4.78 is 126. The fourth-order valence-corrected chi connectivity index (χ4v) is 16.0. The van der Waals surface area contributed by atoms with Crippen LogP contribution in [0.2, 0.25) is 15.1 Å². The molecule has 736 valence electrons. The van der Waals surface area contributed by atoms with Gasteiger partial charge in [0.2, 0.25) is 0 Å². The largest absolute Gasteiger partial charge is 0.444 e. The third-order valence-electron chi connectivity index (χ3n) is 20.9. The van der Waals surface area contributed by atoms with Crippen molar-refractivity contribution in [3.63, 3.8) is 0 Å². The van der Waals surface area contributed by atoms with Crippen LogP contribution in [-0.2, 0) is 62.3 Å². The highest BCUT2D eigenvalue weighted by Gasteiger charge is 2.46. The van der Waals surface area contributed by atoms with Crippen molar-refractivity contribution in [2.24, 2.45) is 5.73 Å². The zero-order valence-electron chi connectivity index (χ0n) is 90.3. The van der Waals surface area contributed by atoms with Crippen LogP contribution in [0.3, 0.4) is 0 Å². The Balaban J connectivity index is 0.000000230. The summed E-state index contributed by atoms with van der Waals surface area (Å²) in [6.45, 7) is 54.1. The summed E-state index contributed by atoms with van der Waals surface area (Å²) in [5.41, 5.74) is 7.46. The van der Waals surface area contributed by atoms with E-state index < -0.39 is 133 Å². The lowest BCUT2D eigenvalue weighted by atomic mass is 10.1. The average molecular weight is 2020 g/mol. The summed E-state index contributed by atoms with van der Waals surface area (Å²) in [6.07, 6.45) is 6.86. The Labute approximate surface area is 835 Å². The Kier molecular flexibility index (Phi) is 30.8. The Morgan fingerprint density at radius 2 is 0.766 bits per heavy atom. The predicted octanol–water partition coefficient (Wildman–Crippen LogP) is 18.9. The lowest BCUT2D eigenvalue weighted by Crippen LogP contribution is -2.41. The third-order valence-corrected chi connectivity index (χ3v) is 22.3. The van der Waals surface area contributed by atoms with Gasteiger partial charge in [0.1, 0.15) is 61.1 Å². The van der Waals surface area contributed by atoms with Crippen LogP contribution < -0.4 is 20.4 Å². The molecule has 0 saturated carbocycles. The smallest absolute Gasteiger partial charge is 0.415 e. The summed E-state index contributed by atoms with van der Waals surface area (Å²) in [4.78, 5) is 120. The van der Waals surface area contributed by atoms with Gasteiger partial charge in [-0.25, -0.2) is 58.1 Å². The average Bonchev–Trinajstić information content (AvgIpc) is 1.62. The molecule has 2 N–H and O–H groups in total. The first-order valence-corrected chi connectivity index (χ1v) is 45.6. The molecule has 6 aromatic heterocycles. The number of benzene rings is 3. The van der Waals surface area contributed by atoms with Crippen LogP contribution in [0.15, 0.2) is 60.0 Å². The molecule has 3 saturated heterocycles. The maximum absolute atomic E-state index is 13.4. The van der Waals surface area contributed by atoms with Gasteiger partial charge in [-0.05, 0) is 223 Å². The Morgan fingerprint density at radius 1 is 0.467 bits per heavy atom. The van der Waals surface area contributed by atoms with Crippen LogP contribution in [0.5, 0.6) is 0 Å². The number of carbonyl (C=O) groups excluding carboxylic acids is 7. The van der Waals surface area contributed by atoms with Crippen molar-refractivity contribution in [2.75, 3.05) is 96.4 Å². The van der Waals surface area contributed by atoms with Crippen LogP contribution in [0, 0.1) is 49.2 Å². The van der Waals surface area contributed by atoms with Crippen LogP contribution in [-0.4, -0.2) is 249 Å². The first kappa shape index (κ1) is 95.0. The van der Waals surface area contributed by atoms with E-state index in [1.54, 1.807) is 168 Å². The Morgan fingerprint density at radius 3 is 1.08 bits per heavy atom. The van der Waals surface area contributed by atoms with Crippen molar-refractivity contribution in [1.29, 1.82) is 0 Å². The van der Waals surface area contributed by atoms with Crippen LogP contribution in [0.25, 0.3) is 42.8 Å². The highest BCUT2D eigenvalue weighted by Crippen LogP contribution is 2.44. The number of nitrogens with zero attached hydrogens (tertiary/aromatic N) is 20. The molecule has 137 heavy (non-hydrogen) atoms. The minimum atomic E-state index is -2.72. The molecular formula is C96H123BrCl3N21O16. The monoisotopic (exact) mass is 2020 g/mol. The van der Waals surface area contributed by atoms with Crippen molar-refractivity contribution >= 4 is 155 Å². The first-order chi connectivity index (χ1) is 67.4. The molecule has 3 fully saturated rings. The Bertz CT molecular complexity index is 6620. The summed E-state index contributed by atoms with van der Waals surface area (Å²) >= 11 is 22.5. The van der Waals surface area contributed by atoms with Gasteiger partial charge in [0, 0.05) is 98.2 Å². The molecule has 0 spiro atoms. The number of hydrogen-bond donors (Lipinski definition) is 1. The number of aromatic nitrogens is 12. The molecule has 7 amide bonds. The fourth-order valence-electron chi connectivity index (χ4n) is 14.9. The number of terminal acetylenes is 1. The molecule has 9 aromatic rings. The molecule has 41 heteroatoms. The van der Waals surface area contributed by atoms with Gasteiger partial charge in [-0.2, -0.15) is 15.3 Å². The molecule has 3 aliphatic rings. The lowest BCUT2D eigenvalue weighted by Gasteiger charge is -2.28. The number of fused-ring (bicyclic) bond motifs is 3. The molecule has 12 rings (SSSR count). The predicted molar refractivity (Wildman–Crippen MR) is 527 cm³/mol. The summed E-state index contributed by atoms with van der Waals surface area (Å²) in [7, 11) is -3.71. The second-order valence-electron chi connectivity index (χ2n) is 38.2. The van der Waals surface area contributed by atoms with Crippen molar-refractivity contribution in [2.45, 2.75) is 254 Å². The van der Waals surface area contributed by atoms with Crippen LogP contribution >= 0.6 is 50.7 Å². The zero-order chi connectivity index (χ0) is 109. The standard InChI is InChI=1S/C32H42ClN7O6.C32H40ClN7O5.C21H32BrN5O5.C11H9ClN2/c1-10-38-18-35-24-13-19(22(33)15-25(24)38)11-12-23-26(27(34)41)28(37(8)29(42)45-31(2,3)4)40(36-23)20-14-21(17-44-9)39(16-20)30(43)46-32(5,6)7;1-11-38-19-35-25-14-20(23(33)16-26(25)38)12-13-24-27(34-8)28(37(9)29(41)44-31(2,3)4)40(36-24)21-15-22(18-43-10)39(17-21)30(42)45-32(5,6)7;1-20(2,3)31-18(28)25(8)17-15(23-7)16(22)24-27(17)13-10-14(12-30-9)26(11-13)19(29)32-21(4,5)6;1-3-8-5-10-11(6-9(8)12)14(4-2)7-13-10/h13,15,18,20-21H,10,14,16-17H2,1-9H3,(H2,34,41);14,16,19,21-22H,11,15,17-18H2,1-7,9-10H3;13-14H,10-12H2,1-6,8-9H3;1,5-7H,4H2,2H3/t20-,21+;21-,22+;13-,14+;/m000./s1/i9D3;10D3;9D3;. The van der Waals surface area contributed by atoms with E-state index in [1.807, 2.05) is 39.7 Å². The van der Waals surface area contributed by atoms with Crippen LogP contribution in [0.4, 0.5) is 57.6 Å². The number of likely N-dealkylation sites (tertiary alicyclic amines) is 3. The SMILES string of the molecule is C#Cc1cc2ncn(CC)c2cc1Cl.[2H]C([2H])([2H])OC[C@H]1C[C@H](n2nc(Br)c([N+]#[C-])c2N(C)C(=O)OC(C)(C)C)CN1C(=O)OC(C)(C)C.[2H]C([2H])([2H])OC[C@H]1C[C@H](n2nc(C#Cc3cc4ncn(CC)c4cc3Cl)c(C(N)=O)c2N(C)C(=O)OC(C)(C)C)CN1C(=O)OC(C)(C)C.[2H]C([2H])([2H])OC[C@H]1C[C@H](n2nc(C#Cc3cc4ncn(CC)c4cc3Cl)c([N+]#[C-])c2N(C)C(=O)OC(C)(C)C)CN1C(=O)OC(C)(C)C. The number of nitrogens with two attached hydrogens (primary N) is 1. The number of ether oxygens (including phenoxy) is 9. The maximum atomic E-state index is 13.4. The first-order valence-electron chi connectivity index (χ1n) is 48.2. The van der Waals surface area contributed by atoms with Crippen molar-refractivity contribution in [1.82, 2.24) is 72.7 Å². The Hall–Kier alpha value is -12.3. The molecular weight excluding hydrogens is 1890 g/mol. The molecule has 0 aliphatic carbocycles. The number of rotatable bonds is 16. The quantitative estimate of drug-likeness (QED) is 0.0533. The summed E-state index contributed by atoms with van der Waals surface area (Å²) in [5, 5.41) is 15.1. The van der Waals surface area contributed by atoms with Gasteiger partial charge in [0.25, 0.3) is 17.3 Å². The van der Waals surface area contributed by atoms with E-state index in [0.29, 0.717) is 55.9 Å². The second kappa shape index (κ2) is 44.4. The number of primary amides is 1. The molecule has 9 heterocycles. The van der Waals surface area contributed by atoms with Gasteiger partial charge in [-0.15, -0.1) is 6.42 Å². The number of hydrogen-bond acceptors (Lipinski definition) is 22. The van der Waals surface area contributed by atoms with Gasteiger partial charge < -0.3 is 76.8 Å². The van der Waals surface area contributed by atoms with Gasteiger partial charge in [-0.1, -0.05) is 58.5 Å². The molecule has 0 radical (unpaired) electrons. The molecule has 6 atom stereocenters. The number of aryl methyl sites for hydroxylation is 3. The number of halogens is 4. The highest BCUT2D eigenvalue weighted by molar-refractivity contribution is 9.10. The zero-order valence-corrected chi connectivity index (χ0v) is 85.1. The van der Waals surface area contributed by atoms with Gasteiger partial charge in [0.15, 0.2) is 11.5 Å². The number of amides is 7. The van der Waals surface area contributed by atoms with E-state index in [-0.39, 0.29) is 109 Å². The number of imidazole rings is 3. The van der Waals surface area contributed by atoms with Gasteiger partial charge in [-0.3, -0.25) is 28.9 Å². The summed E-state index contributed by atoms with van der Waals surface area (Å²) in [6, 6.07) is 6.76. The molecule has 3 aliphatic heterocycles. The van der Waals surface area contributed by atoms with E-state index in [0.717, 1.165) is 33.5 Å². The molecule has 0 bridgehead atoms. The maximum Gasteiger partial charge on any atom is 0.415 e. The van der Waals surface area contributed by atoms with Crippen molar-refractivity contribution in [3.05, 3.63) is 132 Å². The molecule has 37 nitrogen and oxygen atoms in total. The van der Waals surface area contributed by atoms with Crippen molar-refractivity contribution < 1.29 is 88.5 Å². The normalized spacial score (nSPS) is 17.8. The molecule has 3 aromatic carbocycles. The second-order valence-corrected chi connectivity index (χ2v) is 40.2. The number of carbonyl (C=O) groups is 7. The van der Waals surface area contributed by atoms with Gasteiger partial charge in [0.05, 0.1) is 149 Å². The van der Waals surface area contributed by atoms with Gasteiger partial charge >= 0.3 is 36.6 Å². The number of anilines is 3. The minimum absolute atomic E-state index is 0.0191. The van der Waals surface area contributed by atoms with E-state index in [4.69, 9.17) is 115 Å². The highest BCUT2D eigenvalue weighted by atomic mass is 79.9. The van der Waals surface area contributed by atoms with E-state index >= 15 is 0 Å². The minimum Gasteiger partial charge on any atom is -0.444 e. The third kappa shape index (κ3) is 27.2. The van der Waals surface area contributed by atoms with Crippen LogP contribution in [0.1, 0.15) is 234 Å². The summed E-state index contributed by atoms with van der Waals surface area (Å²) in [5.74, 6) is 13.7. The number of methoxy groups -OCH3 is 3. The van der Waals surface area contributed by atoms with E-state index in [1.165, 1.54) is 59.7 Å².